The van der Waals surface area contributed by atoms with E-state index in [4.69, 9.17) is 9.47 Å². The van der Waals surface area contributed by atoms with Crippen molar-refractivity contribution in [1.29, 1.82) is 0 Å². The summed E-state index contributed by atoms with van der Waals surface area (Å²) < 4.78 is 12.0. The fourth-order valence-corrected chi connectivity index (χ4v) is 4.68. The summed E-state index contributed by atoms with van der Waals surface area (Å²) in [5.41, 5.74) is 3.53. The van der Waals surface area contributed by atoms with Crippen molar-refractivity contribution in [2.45, 2.75) is 13.3 Å². The molecule has 0 spiro atoms. The first kappa shape index (κ1) is 23.3. The number of ether oxygens (including phenoxy) is 2. The fourth-order valence-electron chi connectivity index (χ4n) is 4.68. The molecule has 0 bridgehead atoms. The molecule has 0 saturated carbocycles. The molecule has 174 valence electrons. The number of nitrogens with zero attached hydrogens (tertiary/aromatic N) is 3. The number of anilines is 3. The van der Waals surface area contributed by atoms with Crippen LogP contribution in [0.15, 0.2) is 72.8 Å². The minimum atomic E-state index is 0. The Bertz CT molecular complexity index is 1010. The Balaban J connectivity index is 0.00000259. The van der Waals surface area contributed by atoms with Crippen LogP contribution in [-0.4, -0.2) is 50.8 Å². The van der Waals surface area contributed by atoms with Crippen LogP contribution in [0.2, 0.25) is 0 Å². The normalized spacial score (nSPS) is 15.2. The van der Waals surface area contributed by atoms with E-state index in [-0.39, 0.29) is 12.4 Å². The summed E-state index contributed by atoms with van der Waals surface area (Å²) in [5, 5.41) is 0. The molecule has 6 heteroatoms. The standard InChI is InChI=1S/C27H31N3O2.ClH/c1-2-31-25-13-6-3-10-22(25)29-20-18-28(19-21-29)16-9-17-30-23-11-4-7-14-26(23)32-27-15-8-5-12-24(27)30;/h3-8,10-15H,2,9,16-21H2,1H3;1H. The molecule has 0 atom stereocenters. The quantitative estimate of drug-likeness (QED) is 0.429. The van der Waals surface area contributed by atoms with Gasteiger partial charge >= 0.3 is 0 Å². The summed E-state index contributed by atoms with van der Waals surface area (Å²) in [6.45, 7) is 9.05. The van der Waals surface area contributed by atoms with Gasteiger partial charge in [-0.05, 0) is 56.3 Å². The number of halogens is 1. The van der Waals surface area contributed by atoms with E-state index in [9.17, 15) is 0 Å². The van der Waals surface area contributed by atoms with Crippen LogP contribution in [0.25, 0.3) is 0 Å². The molecule has 0 aliphatic carbocycles. The summed E-state index contributed by atoms with van der Waals surface area (Å²) in [6.07, 6.45) is 1.11. The number of para-hydroxylation sites is 6. The van der Waals surface area contributed by atoms with E-state index in [1.165, 1.54) is 5.69 Å². The Kier molecular flexibility index (Phi) is 7.63. The van der Waals surface area contributed by atoms with Crippen LogP contribution in [-0.2, 0) is 0 Å². The third-order valence-corrected chi connectivity index (χ3v) is 6.27. The molecule has 0 N–H and O–H groups in total. The van der Waals surface area contributed by atoms with Gasteiger partial charge in [-0.25, -0.2) is 0 Å². The Hall–Kier alpha value is -2.89. The first-order valence-corrected chi connectivity index (χ1v) is 11.7. The summed E-state index contributed by atoms with van der Waals surface area (Å²) in [5.74, 6) is 2.87. The van der Waals surface area contributed by atoms with Crippen molar-refractivity contribution < 1.29 is 9.47 Å². The van der Waals surface area contributed by atoms with Gasteiger partial charge in [-0.3, -0.25) is 4.90 Å². The molecule has 0 amide bonds. The minimum Gasteiger partial charge on any atom is -0.492 e. The largest absolute Gasteiger partial charge is 0.492 e. The zero-order valence-corrected chi connectivity index (χ0v) is 20.0. The molecular formula is C27H32ClN3O2. The van der Waals surface area contributed by atoms with Gasteiger partial charge in [0.1, 0.15) is 5.75 Å². The number of benzene rings is 3. The number of fused-ring (bicyclic) bond motifs is 2. The first-order valence-electron chi connectivity index (χ1n) is 11.7. The van der Waals surface area contributed by atoms with Crippen LogP contribution in [0.4, 0.5) is 17.1 Å². The van der Waals surface area contributed by atoms with Crippen molar-refractivity contribution in [3.05, 3.63) is 72.8 Å². The second-order valence-corrected chi connectivity index (χ2v) is 8.27. The highest BCUT2D eigenvalue weighted by Gasteiger charge is 2.24. The van der Waals surface area contributed by atoms with Crippen molar-refractivity contribution in [2.75, 3.05) is 55.7 Å². The van der Waals surface area contributed by atoms with Gasteiger partial charge in [-0.2, -0.15) is 0 Å². The molecule has 2 aliphatic heterocycles. The van der Waals surface area contributed by atoms with Gasteiger partial charge in [0.2, 0.25) is 0 Å². The van der Waals surface area contributed by atoms with Gasteiger partial charge in [0.05, 0.1) is 23.7 Å². The van der Waals surface area contributed by atoms with Gasteiger partial charge in [0.25, 0.3) is 0 Å². The van der Waals surface area contributed by atoms with Crippen LogP contribution in [0.3, 0.4) is 0 Å². The van der Waals surface area contributed by atoms with Crippen molar-refractivity contribution >= 4 is 29.5 Å². The molecule has 2 heterocycles. The zero-order valence-electron chi connectivity index (χ0n) is 19.2. The summed E-state index contributed by atoms with van der Waals surface area (Å²) in [6, 6.07) is 25.0. The Morgan fingerprint density at radius 3 is 1.94 bits per heavy atom. The Morgan fingerprint density at radius 2 is 1.30 bits per heavy atom. The molecule has 1 fully saturated rings. The van der Waals surface area contributed by atoms with Gasteiger partial charge in [-0.1, -0.05) is 36.4 Å². The molecular weight excluding hydrogens is 434 g/mol. The highest BCUT2D eigenvalue weighted by Crippen LogP contribution is 2.46. The number of piperazine rings is 1. The number of hydrogen-bond acceptors (Lipinski definition) is 5. The van der Waals surface area contributed by atoms with Crippen LogP contribution in [0.1, 0.15) is 13.3 Å². The van der Waals surface area contributed by atoms with Crippen LogP contribution in [0, 0.1) is 0 Å². The number of hydrogen-bond donors (Lipinski definition) is 0. The predicted octanol–water partition coefficient (Wildman–Crippen LogP) is 5.96. The van der Waals surface area contributed by atoms with E-state index in [1.807, 2.05) is 25.1 Å². The highest BCUT2D eigenvalue weighted by molar-refractivity contribution is 5.85. The number of rotatable bonds is 7. The molecule has 0 aromatic heterocycles. The molecule has 0 unspecified atom stereocenters. The molecule has 1 saturated heterocycles. The third-order valence-electron chi connectivity index (χ3n) is 6.27. The van der Waals surface area contributed by atoms with Gasteiger partial charge in [0.15, 0.2) is 11.5 Å². The predicted molar refractivity (Wildman–Crippen MR) is 138 cm³/mol. The van der Waals surface area contributed by atoms with E-state index in [0.717, 1.165) is 74.3 Å². The lowest BCUT2D eigenvalue weighted by molar-refractivity contribution is 0.254. The fraction of sp³-hybridized carbons (Fsp3) is 0.333. The van der Waals surface area contributed by atoms with E-state index in [2.05, 4.69) is 69.3 Å². The average Bonchev–Trinajstić information content (AvgIpc) is 2.85. The monoisotopic (exact) mass is 465 g/mol. The van der Waals surface area contributed by atoms with Crippen LogP contribution >= 0.6 is 12.4 Å². The highest BCUT2D eigenvalue weighted by atomic mass is 35.5. The van der Waals surface area contributed by atoms with Gasteiger partial charge in [-0.15, -0.1) is 12.4 Å². The van der Waals surface area contributed by atoms with Crippen molar-refractivity contribution in [3.8, 4) is 17.2 Å². The molecule has 3 aromatic rings. The lowest BCUT2D eigenvalue weighted by Gasteiger charge is -2.37. The van der Waals surface area contributed by atoms with E-state index < -0.39 is 0 Å². The zero-order chi connectivity index (χ0) is 21.8. The second-order valence-electron chi connectivity index (χ2n) is 8.27. The molecule has 33 heavy (non-hydrogen) atoms. The smallest absolute Gasteiger partial charge is 0.151 e. The maximum Gasteiger partial charge on any atom is 0.151 e. The lowest BCUT2D eigenvalue weighted by atomic mass is 10.1. The van der Waals surface area contributed by atoms with Crippen LogP contribution in [0.5, 0.6) is 17.2 Å². The maximum absolute atomic E-state index is 6.12. The molecule has 5 nitrogen and oxygen atoms in total. The van der Waals surface area contributed by atoms with E-state index in [0.29, 0.717) is 6.61 Å². The average molecular weight is 466 g/mol. The first-order chi connectivity index (χ1) is 15.8. The second kappa shape index (κ2) is 10.8. The summed E-state index contributed by atoms with van der Waals surface area (Å²) in [7, 11) is 0. The van der Waals surface area contributed by atoms with Crippen molar-refractivity contribution in [1.82, 2.24) is 4.90 Å². The maximum atomic E-state index is 6.12. The van der Waals surface area contributed by atoms with Crippen molar-refractivity contribution in [2.24, 2.45) is 0 Å². The van der Waals surface area contributed by atoms with Crippen LogP contribution < -0.4 is 19.3 Å². The topological polar surface area (TPSA) is 28.2 Å². The van der Waals surface area contributed by atoms with Crippen molar-refractivity contribution in [3.63, 3.8) is 0 Å². The minimum absolute atomic E-state index is 0. The third kappa shape index (κ3) is 5.05. The van der Waals surface area contributed by atoms with Gasteiger partial charge in [0, 0.05) is 32.7 Å². The van der Waals surface area contributed by atoms with E-state index >= 15 is 0 Å². The summed E-state index contributed by atoms with van der Waals surface area (Å²) in [4.78, 5) is 7.44. The lowest BCUT2D eigenvalue weighted by Crippen LogP contribution is -2.47. The van der Waals surface area contributed by atoms with E-state index in [1.54, 1.807) is 0 Å². The Labute approximate surface area is 202 Å². The Morgan fingerprint density at radius 1 is 0.727 bits per heavy atom. The SMILES string of the molecule is CCOc1ccccc1N1CCN(CCCN2c3ccccc3Oc3ccccc32)CC1.Cl. The molecule has 0 radical (unpaired) electrons. The van der Waals surface area contributed by atoms with Gasteiger partial charge < -0.3 is 19.3 Å². The molecule has 3 aromatic carbocycles. The summed E-state index contributed by atoms with van der Waals surface area (Å²) >= 11 is 0. The molecule has 5 rings (SSSR count). The molecule has 2 aliphatic rings.